The normalized spacial score (nSPS) is 11.1. The molecule has 0 amide bonds. The number of thiazole rings is 1. The number of para-hydroxylation sites is 1. The highest BCUT2D eigenvalue weighted by atomic mass is 32.1. The lowest BCUT2D eigenvalue weighted by Crippen LogP contribution is -2.06. The Hall–Kier alpha value is -2.05. The van der Waals surface area contributed by atoms with Crippen LogP contribution in [0.1, 0.15) is 28.1 Å². The van der Waals surface area contributed by atoms with E-state index in [2.05, 4.69) is 10.1 Å². The lowest BCUT2D eigenvalue weighted by atomic mass is 10.1. The van der Waals surface area contributed by atoms with Gasteiger partial charge in [-0.3, -0.25) is 9.48 Å². The zero-order chi connectivity index (χ0) is 14.8. The van der Waals surface area contributed by atoms with E-state index in [1.165, 1.54) is 11.3 Å². The Morgan fingerprint density at radius 3 is 2.90 bits per heavy atom. The van der Waals surface area contributed by atoms with Gasteiger partial charge in [-0.15, -0.1) is 11.3 Å². The Bertz CT molecular complexity index is 790. The van der Waals surface area contributed by atoms with Gasteiger partial charge in [0, 0.05) is 23.9 Å². The van der Waals surface area contributed by atoms with Crippen molar-refractivity contribution < 1.29 is 4.79 Å². The Labute approximate surface area is 126 Å². The third kappa shape index (κ3) is 2.59. The van der Waals surface area contributed by atoms with Crippen LogP contribution in [0.25, 0.3) is 10.9 Å². The molecule has 0 bridgehead atoms. The van der Waals surface area contributed by atoms with Crippen LogP contribution in [-0.2, 0) is 19.5 Å². The molecule has 3 rings (SSSR count). The highest BCUT2D eigenvalue weighted by Gasteiger charge is 2.16. The van der Waals surface area contributed by atoms with E-state index in [0.29, 0.717) is 12.2 Å². The van der Waals surface area contributed by atoms with Gasteiger partial charge in [-0.1, -0.05) is 18.2 Å². The number of hydrogen-bond donors (Lipinski definition) is 1. The molecule has 2 aromatic heterocycles. The summed E-state index contributed by atoms with van der Waals surface area (Å²) in [6.45, 7) is 3.19. The van der Waals surface area contributed by atoms with Crippen LogP contribution in [-0.4, -0.2) is 20.5 Å². The van der Waals surface area contributed by atoms with E-state index in [0.717, 1.165) is 28.1 Å². The summed E-state index contributed by atoms with van der Waals surface area (Å²) in [5.74, 6) is -0.0162. The predicted molar refractivity (Wildman–Crippen MR) is 83.4 cm³/mol. The van der Waals surface area contributed by atoms with Gasteiger partial charge in [0.05, 0.1) is 17.6 Å². The van der Waals surface area contributed by atoms with Gasteiger partial charge in [-0.2, -0.15) is 5.10 Å². The molecule has 0 radical (unpaired) electrons. The number of rotatable bonds is 5. The largest absolute Gasteiger partial charge is 0.325 e. The number of ketones is 1. The van der Waals surface area contributed by atoms with E-state index >= 15 is 0 Å². The molecule has 3 aromatic rings. The first-order valence-corrected chi connectivity index (χ1v) is 7.73. The maximum absolute atomic E-state index is 12.3. The summed E-state index contributed by atoms with van der Waals surface area (Å²) in [4.78, 5) is 16.6. The van der Waals surface area contributed by atoms with Crippen LogP contribution >= 0.6 is 11.3 Å². The Morgan fingerprint density at radius 1 is 1.38 bits per heavy atom. The number of carbonyl (C=O) groups is 1. The first-order chi connectivity index (χ1) is 10.2. The molecular formula is C15H16N4OS. The molecule has 0 atom stereocenters. The van der Waals surface area contributed by atoms with Crippen LogP contribution in [0, 0.1) is 0 Å². The monoisotopic (exact) mass is 300 g/mol. The van der Waals surface area contributed by atoms with Gasteiger partial charge < -0.3 is 5.73 Å². The van der Waals surface area contributed by atoms with Gasteiger partial charge in [-0.25, -0.2) is 4.98 Å². The fraction of sp³-hybridized carbons (Fsp3) is 0.267. The summed E-state index contributed by atoms with van der Waals surface area (Å²) >= 11 is 1.42. The number of aromatic nitrogens is 3. The number of nitrogens with two attached hydrogens (primary N) is 1. The predicted octanol–water partition coefficient (Wildman–Crippen LogP) is 2.40. The van der Waals surface area contributed by atoms with Crippen LogP contribution < -0.4 is 5.73 Å². The van der Waals surface area contributed by atoms with E-state index in [4.69, 9.17) is 5.73 Å². The minimum Gasteiger partial charge on any atom is -0.325 e. The summed E-state index contributed by atoms with van der Waals surface area (Å²) in [6, 6.07) is 7.97. The quantitative estimate of drug-likeness (QED) is 0.734. The van der Waals surface area contributed by atoms with Crippen LogP contribution in [0.5, 0.6) is 0 Å². The van der Waals surface area contributed by atoms with Crippen molar-refractivity contribution in [3.05, 3.63) is 46.0 Å². The van der Waals surface area contributed by atoms with Crippen LogP contribution in [0.2, 0.25) is 0 Å². The van der Waals surface area contributed by atoms with Crippen LogP contribution in [0.15, 0.2) is 29.6 Å². The summed E-state index contributed by atoms with van der Waals surface area (Å²) in [5.41, 5.74) is 7.88. The number of fused-ring (bicyclic) bond motifs is 1. The number of aryl methyl sites for hydroxylation is 1. The molecule has 0 fully saturated rings. The maximum atomic E-state index is 12.3. The molecule has 0 unspecified atom stereocenters. The van der Waals surface area contributed by atoms with Crippen molar-refractivity contribution >= 4 is 28.0 Å². The minimum absolute atomic E-state index is 0.0162. The third-order valence-corrected chi connectivity index (χ3v) is 4.25. The fourth-order valence-electron chi connectivity index (χ4n) is 2.34. The van der Waals surface area contributed by atoms with E-state index < -0.39 is 0 Å². The van der Waals surface area contributed by atoms with Gasteiger partial charge in [0.15, 0.2) is 5.78 Å². The van der Waals surface area contributed by atoms with Gasteiger partial charge >= 0.3 is 0 Å². The number of Topliss-reactive ketones (excluding diaryl/α,β-unsaturated/α-hetero) is 1. The molecule has 0 saturated carbocycles. The highest BCUT2D eigenvalue weighted by Crippen LogP contribution is 2.20. The van der Waals surface area contributed by atoms with Crippen molar-refractivity contribution in [3.8, 4) is 0 Å². The van der Waals surface area contributed by atoms with Crippen LogP contribution in [0.4, 0.5) is 0 Å². The third-order valence-electron chi connectivity index (χ3n) is 3.37. The molecule has 2 heterocycles. The molecule has 1 aromatic carbocycles. The number of hydrogen-bond acceptors (Lipinski definition) is 5. The average Bonchev–Trinajstić information content (AvgIpc) is 3.12. The molecule has 0 aliphatic heterocycles. The van der Waals surface area contributed by atoms with Crippen LogP contribution in [0.3, 0.4) is 0 Å². The zero-order valence-corrected chi connectivity index (χ0v) is 12.6. The van der Waals surface area contributed by atoms with E-state index in [9.17, 15) is 4.79 Å². The summed E-state index contributed by atoms with van der Waals surface area (Å²) in [7, 11) is 0. The molecule has 0 aliphatic rings. The van der Waals surface area contributed by atoms with Gasteiger partial charge in [0.2, 0.25) is 0 Å². The molecule has 2 N–H and O–H groups in total. The van der Waals surface area contributed by atoms with Gasteiger partial charge in [-0.05, 0) is 13.0 Å². The maximum Gasteiger partial charge on any atom is 0.188 e. The molecule has 21 heavy (non-hydrogen) atoms. The minimum atomic E-state index is -0.0162. The average molecular weight is 300 g/mol. The lowest BCUT2D eigenvalue weighted by molar-refractivity contribution is 0.0988. The van der Waals surface area contributed by atoms with Crippen molar-refractivity contribution in [1.29, 1.82) is 0 Å². The molecule has 0 saturated heterocycles. The molecule has 108 valence electrons. The van der Waals surface area contributed by atoms with E-state index in [-0.39, 0.29) is 12.2 Å². The summed E-state index contributed by atoms with van der Waals surface area (Å²) in [5, 5.41) is 8.12. The zero-order valence-electron chi connectivity index (χ0n) is 11.7. The topological polar surface area (TPSA) is 73.8 Å². The second-order valence-electron chi connectivity index (χ2n) is 4.71. The van der Waals surface area contributed by atoms with Crippen molar-refractivity contribution in [2.45, 2.75) is 26.4 Å². The Kier molecular flexibility index (Phi) is 3.81. The fourth-order valence-corrected chi connectivity index (χ4v) is 3.02. The van der Waals surface area contributed by atoms with Crippen molar-refractivity contribution in [2.24, 2.45) is 5.73 Å². The Balaban J connectivity index is 1.92. The van der Waals surface area contributed by atoms with E-state index in [1.54, 1.807) is 5.38 Å². The molecule has 0 aliphatic carbocycles. The standard InChI is InChI=1S/C15H16N4OS/c1-2-19-13-6-4-3-5-10(13)11(18-19)7-14(20)12-9-21-15(8-16)17-12/h3-6,9H,2,7-8,16H2,1H3. The summed E-state index contributed by atoms with van der Waals surface area (Å²) < 4.78 is 1.92. The number of benzene rings is 1. The van der Waals surface area contributed by atoms with Gasteiger partial charge in [0.1, 0.15) is 10.7 Å². The summed E-state index contributed by atoms with van der Waals surface area (Å²) in [6.07, 6.45) is 0.265. The number of carbonyl (C=O) groups excluding carboxylic acids is 1. The van der Waals surface area contributed by atoms with Gasteiger partial charge in [0.25, 0.3) is 0 Å². The second kappa shape index (κ2) is 5.75. The molecule has 6 heteroatoms. The van der Waals surface area contributed by atoms with Crippen molar-refractivity contribution in [2.75, 3.05) is 0 Å². The first-order valence-electron chi connectivity index (χ1n) is 6.85. The second-order valence-corrected chi connectivity index (χ2v) is 5.65. The highest BCUT2D eigenvalue weighted by molar-refractivity contribution is 7.09. The molecular weight excluding hydrogens is 284 g/mol. The van der Waals surface area contributed by atoms with E-state index in [1.807, 2.05) is 35.9 Å². The number of nitrogens with zero attached hydrogens (tertiary/aromatic N) is 3. The SMILES string of the molecule is CCn1nc(CC(=O)c2csc(CN)n2)c2ccccc21. The first kappa shape index (κ1) is 13.9. The van der Waals surface area contributed by atoms with Crippen molar-refractivity contribution in [1.82, 2.24) is 14.8 Å². The smallest absolute Gasteiger partial charge is 0.188 e. The molecule has 0 spiro atoms. The lowest BCUT2D eigenvalue weighted by Gasteiger charge is -1.95. The molecule has 5 nitrogen and oxygen atoms in total. The van der Waals surface area contributed by atoms with Crippen molar-refractivity contribution in [3.63, 3.8) is 0 Å². The Morgan fingerprint density at radius 2 is 2.19 bits per heavy atom.